The summed E-state index contributed by atoms with van der Waals surface area (Å²) < 4.78 is 1.56. The van der Waals surface area contributed by atoms with Gasteiger partial charge in [0.2, 0.25) is 11.4 Å². The van der Waals surface area contributed by atoms with Crippen molar-refractivity contribution in [2.24, 2.45) is 0 Å². The molecule has 2 nitrogen and oxygen atoms in total. The summed E-state index contributed by atoms with van der Waals surface area (Å²) in [5.41, 5.74) is 21.7. The Kier molecular flexibility index (Phi) is 27.1. The van der Waals surface area contributed by atoms with E-state index in [-0.39, 0.29) is 20.4 Å². The minimum atomic E-state index is 0. The third-order valence-corrected chi connectivity index (χ3v) is 8.42. The fourth-order valence-corrected chi connectivity index (χ4v) is 5.58. The SMILES string of the molecule is CCCCCCC1=C(c2cccc(CCCC)c2)[N+](=[N-])C(c2cccc(CCCC)c2)=C1CCCCC.[CH2-]CCC.[CH2-]CCC.[Pd+2]. The molecule has 0 spiro atoms. The van der Waals surface area contributed by atoms with Crippen LogP contribution in [-0.4, -0.2) is 4.70 Å². The molecule has 0 saturated heterocycles. The predicted molar refractivity (Wildman–Crippen MR) is 201 cm³/mol. The summed E-state index contributed by atoms with van der Waals surface area (Å²) >= 11 is 0. The summed E-state index contributed by atoms with van der Waals surface area (Å²) in [6.07, 6.45) is 22.2. The normalized spacial score (nSPS) is 12.4. The molecule has 0 fully saturated rings. The van der Waals surface area contributed by atoms with E-state index in [2.05, 4.69) is 104 Å². The Morgan fingerprint density at radius 3 is 1.24 bits per heavy atom. The third kappa shape index (κ3) is 15.9. The molecule has 0 aromatic heterocycles. The molecule has 0 amide bonds. The Balaban J connectivity index is 0.00000201. The van der Waals surface area contributed by atoms with Crippen molar-refractivity contribution in [1.29, 1.82) is 0 Å². The Labute approximate surface area is 300 Å². The number of rotatable bonds is 19. The second-order valence-electron chi connectivity index (χ2n) is 12.5. The minimum Gasteiger partial charge on any atom is -0.493 e. The monoisotopic (exact) mass is 718 g/mol. The van der Waals surface area contributed by atoms with E-state index < -0.39 is 0 Å². The van der Waals surface area contributed by atoms with Gasteiger partial charge in [-0.1, -0.05) is 124 Å². The molecule has 0 radical (unpaired) electrons. The summed E-state index contributed by atoms with van der Waals surface area (Å²) in [6, 6.07) is 17.9. The van der Waals surface area contributed by atoms with Gasteiger partial charge in [0, 0.05) is 22.3 Å². The fraction of sp³-hybridized carbons (Fsp3) is 0.581. The zero-order valence-electron chi connectivity index (χ0n) is 30.7. The zero-order chi connectivity index (χ0) is 33.3. The van der Waals surface area contributed by atoms with Crippen molar-refractivity contribution in [3.63, 3.8) is 0 Å². The van der Waals surface area contributed by atoms with Gasteiger partial charge in [0.25, 0.3) is 0 Å². The first-order valence-electron chi connectivity index (χ1n) is 18.7. The maximum absolute atomic E-state index is 11.9. The van der Waals surface area contributed by atoms with Crippen LogP contribution in [0.15, 0.2) is 59.7 Å². The van der Waals surface area contributed by atoms with Crippen LogP contribution >= 0.6 is 0 Å². The largest absolute Gasteiger partial charge is 2.00 e. The molecule has 3 heteroatoms. The van der Waals surface area contributed by atoms with Gasteiger partial charge in [-0.3, -0.25) is 0 Å². The average Bonchev–Trinajstić information content (AvgIpc) is 3.35. The quantitative estimate of drug-likeness (QED) is 0.0598. The van der Waals surface area contributed by atoms with E-state index in [1.165, 1.54) is 106 Å². The smallest absolute Gasteiger partial charge is 0.493 e. The molecule has 3 rings (SSSR count). The minimum absolute atomic E-state index is 0. The number of nitrogens with zero attached hydrogens (tertiary/aromatic N) is 2. The number of hydrogen-bond acceptors (Lipinski definition) is 0. The van der Waals surface area contributed by atoms with Crippen LogP contribution in [0.25, 0.3) is 16.9 Å². The van der Waals surface area contributed by atoms with E-state index in [1.54, 1.807) is 4.70 Å². The number of aryl methyl sites for hydroxylation is 2. The van der Waals surface area contributed by atoms with Crippen molar-refractivity contribution < 1.29 is 25.1 Å². The number of unbranched alkanes of at least 4 members (excludes halogenated alkanes) is 9. The summed E-state index contributed by atoms with van der Waals surface area (Å²) in [5, 5.41) is 0. The first kappa shape index (κ1) is 44.2. The summed E-state index contributed by atoms with van der Waals surface area (Å²) in [4.78, 5) is 0. The maximum Gasteiger partial charge on any atom is 2.00 e. The molecule has 2 aromatic rings. The Morgan fingerprint density at radius 2 is 0.870 bits per heavy atom. The first-order valence-corrected chi connectivity index (χ1v) is 18.7. The van der Waals surface area contributed by atoms with Crippen molar-refractivity contribution in [3.8, 4) is 0 Å². The standard InChI is InChI=1S/C35H50N2.2C4H9.Pd/c1-5-9-13-15-25-33-32(24-14-10-6-2)34(30-22-16-20-28(26-30)18-11-7-3)37(36)35(33)31-23-17-21-29(27-31)19-12-8-4;2*1-3-4-2;/h16-17,20-23,26-27H,5-15,18-19,24-25H2,1-4H3;2*1,3-4H2,2H3;/q;2*-1;+2. The van der Waals surface area contributed by atoms with E-state index in [9.17, 15) is 5.53 Å². The van der Waals surface area contributed by atoms with Gasteiger partial charge in [-0.25, -0.2) is 4.70 Å². The van der Waals surface area contributed by atoms with Crippen LogP contribution in [0.3, 0.4) is 0 Å². The molecule has 46 heavy (non-hydrogen) atoms. The van der Waals surface area contributed by atoms with Crippen molar-refractivity contribution in [2.45, 2.75) is 164 Å². The van der Waals surface area contributed by atoms with Gasteiger partial charge in [-0.05, 0) is 86.8 Å². The zero-order valence-corrected chi connectivity index (χ0v) is 32.2. The van der Waals surface area contributed by atoms with Gasteiger partial charge in [0.15, 0.2) is 0 Å². The molecule has 0 N–H and O–H groups in total. The molecule has 0 atom stereocenters. The van der Waals surface area contributed by atoms with Crippen molar-refractivity contribution in [3.05, 3.63) is 101 Å². The number of hydrogen-bond donors (Lipinski definition) is 0. The second-order valence-corrected chi connectivity index (χ2v) is 12.5. The van der Waals surface area contributed by atoms with E-state index >= 15 is 0 Å². The topological polar surface area (TPSA) is 25.3 Å². The van der Waals surface area contributed by atoms with Crippen LogP contribution in [0.2, 0.25) is 0 Å². The molecule has 260 valence electrons. The molecule has 0 saturated carbocycles. The molecule has 2 aromatic carbocycles. The maximum atomic E-state index is 11.9. The first-order chi connectivity index (χ1) is 22.0. The number of allylic oxidation sites excluding steroid dienone is 2. The summed E-state index contributed by atoms with van der Waals surface area (Å²) in [5.74, 6) is 0. The van der Waals surface area contributed by atoms with E-state index in [0.717, 1.165) is 61.0 Å². The molecular formula is C43H68N2Pd. The van der Waals surface area contributed by atoms with Crippen LogP contribution < -0.4 is 0 Å². The van der Waals surface area contributed by atoms with Crippen molar-refractivity contribution in [2.75, 3.05) is 0 Å². The van der Waals surface area contributed by atoms with Crippen LogP contribution in [0.4, 0.5) is 0 Å². The molecule has 0 aliphatic carbocycles. The van der Waals surface area contributed by atoms with Gasteiger partial charge in [-0.2, -0.15) is 12.8 Å². The molecule has 1 aliphatic heterocycles. The van der Waals surface area contributed by atoms with Gasteiger partial charge < -0.3 is 19.4 Å². The van der Waals surface area contributed by atoms with Gasteiger partial charge in [0.05, 0.1) is 0 Å². The van der Waals surface area contributed by atoms with Gasteiger partial charge in [-0.15, -0.1) is 0 Å². The van der Waals surface area contributed by atoms with Crippen LogP contribution in [0.1, 0.15) is 173 Å². The average molecular weight is 719 g/mol. The summed E-state index contributed by atoms with van der Waals surface area (Å²) in [6.45, 7) is 20.5. The van der Waals surface area contributed by atoms with Crippen LogP contribution in [0.5, 0.6) is 0 Å². The second kappa shape index (κ2) is 28.2. The number of benzene rings is 2. The molecule has 0 bridgehead atoms. The van der Waals surface area contributed by atoms with Crippen LogP contribution in [-0.2, 0) is 33.3 Å². The van der Waals surface area contributed by atoms with E-state index in [4.69, 9.17) is 0 Å². The summed E-state index contributed by atoms with van der Waals surface area (Å²) in [7, 11) is 0. The third-order valence-electron chi connectivity index (χ3n) is 8.42. The van der Waals surface area contributed by atoms with Crippen molar-refractivity contribution >= 4 is 11.4 Å². The Bertz CT molecular complexity index is 1130. The van der Waals surface area contributed by atoms with Gasteiger partial charge >= 0.3 is 20.4 Å². The fourth-order valence-electron chi connectivity index (χ4n) is 5.58. The van der Waals surface area contributed by atoms with Crippen molar-refractivity contribution in [1.82, 2.24) is 0 Å². The molecule has 1 aliphatic rings. The van der Waals surface area contributed by atoms with Crippen LogP contribution in [0, 0.1) is 13.8 Å². The Morgan fingerprint density at radius 1 is 0.500 bits per heavy atom. The van der Waals surface area contributed by atoms with E-state index in [1.807, 2.05) is 0 Å². The van der Waals surface area contributed by atoms with Gasteiger partial charge in [0.1, 0.15) is 0 Å². The molecule has 1 heterocycles. The molecular weight excluding hydrogens is 651 g/mol. The molecule has 0 unspecified atom stereocenters. The van der Waals surface area contributed by atoms with E-state index in [0.29, 0.717) is 0 Å². The Hall–Kier alpha value is -1.82. The predicted octanol–water partition coefficient (Wildman–Crippen LogP) is 14.3.